The Morgan fingerprint density at radius 2 is 0.857 bits per heavy atom. The maximum atomic E-state index is 14.0. The number of ether oxygens (including phenoxy) is 4. The third-order valence-corrected chi connectivity index (χ3v) is 12.3. The summed E-state index contributed by atoms with van der Waals surface area (Å²) in [7, 11) is 0. The van der Waals surface area contributed by atoms with E-state index in [-0.39, 0.29) is 83.7 Å². The number of carbonyl (C=O) groups is 2. The quantitative estimate of drug-likeness (QED) is 0.0336. The Labute approximate surface area is 411 Å². The van der Waals surface area contributed by atoms with Crippen molar-refractivity contribution in [3.63, 3.8) is 0 Å². The minimum absolute atomic E-state index is 0.0487. The third kappa shape index (κ3) is 13.1. The summed E-state index contributed by atoms with van der Waals surface area (Å²) in [6.45, 7) is 4.43. The van der Waals surface area contributed by atoms with Crippen LogP contribution in [0.3, 0.4) is 0 Å². The van der Waals surface area contributed by atoms with Crippen LogP contribution in [0, 0.1) is 37.1 Å². The van der Waals surface area contributed by atoms with Crippen LogP contribution in [0.2, 0.25) is 10.0 Å². The number of aliphatic carboxylic acids is 2. The summed E-state index contributed by atoms with van der Waals surface area (Å²) in [4.78, 5) is 23.7. The minimum atomic E-state index is -1.70. The zero-order valence-corrected chi connectivity index (χ0v) is 39.9. The molecule has 6 aromatic rings. The SMILES string of the molecule is Cc1c(COc2cc(OCc3cc(F)cc(F)c3)c(CN[C@@](C)(CO)C(=O)O)cc2Cl)cccc1-c1cccc(COc2cc(OCc3cc(F)cc(F)c3)c(CN[C@@](C)(CO)C(=O)O)cc2Cl)c1C. The maximum Gasteiger partial charge on any atom is 0.326 e. The van der Waals surface area contributed by atoms with E-state index < -0.39 is 59.5 Å². The number of halogens is 6. The van der Waals surface area contributed by atoms with Crippen molar-refractivity contribution in [2.24, 2.45) is 0 Å². The molecule has 0 aliphatic heterocycles. The van der Waals surface area contributed by atoms with Gasteiger partial charge in [-0.1, -0.05) is 59.6 Å². The van der Waals surface area contributed by atoms with Gasteiger partial charge in [0.15, 0.2) is 0 Å². The maximum absolute atomic E-state index is 14.0. The first-order valence-electron chi connectivity index (χ1n) is 21.6. The van der Waals surface area contributed by atoms with Gasteiger partial charge in [0.25, 0.3) is 0 Å². The second-order valence-corrected chi connectivity index (χ2v) is 17.8. The fraction of sp³-hybridized carbons (Fsp3) is 0.269. The molecule has 18 heteroatoms. The van der Waals surface area contributed by atoms with Crippen LogP contribution >= 0.6 is 23.2 Å². The Morgan fingerprint density at radius 1 is 0.514 bits per heavy atom. The van der Waals surface area contributed by atoms with Crippen molar-refractivity contribution in [3.8, 4) is 34.1 Å². The van der Waals surface area contributed by atoms with Crippen molar-refractivity contribution in [1.29, 1.82) is 0 Å². The average Bonchev–Trinajstić information content (AvgIpc) is 3.31. The van der Waals surface area contributed by atoms with E-state index in [0.717, 1.165) is 69.8 Å². The van der Waals surface area contributed by atoms with Crippen molar-refractivity contribution >= 4 is 35.1 Å². The van der Waals surface area contributed by atoms with Gasteiger partial charge in [0.05, 0.1) is 23.3 Å². The summed E-state index contributed by atoms with van der Waals surface area (Å²) < 4.78 is 80.5. The van der Waals surface area contributed by atoms with Crippen molar-refractivity contribution in [2.45, 2.75) is 78.3 Å². The van der Waals surface area contributed by atoms with Crippen LogP contribution in [0.5, 0.6) is 23.0 Å². The molecule has 0 fully saturated rings. The highest BCUT2D eigenvalue weighted by atomic mass is 35.5. The van der Waals surface area contributed by atoms with Crippen LogP contribution in [-0.4, -0.2) is 56.7 Å². The number of aliphatic hydroxyl groups is 2. The number of carboxylic acids is 2. The monoisotopic (exact) mass is 1010 g/mol. The molecule has 2 atom stereocenters. The van der Waals surface area contributed by atoms with Gasteiger partial charge >= 0.3 is 11.9 Å². The molecule has 0 radical (unpaired) electrons. The molecule has 0 heterocycles. The lowest BCUT2D eigenvalue weighted by Gasteiger charge is -2.25. The van der Waals surface area contributed by atoms with Gasteiger partial charge < -0.3 is 39.4 Å². The smallest absolute Gasteiger partial charge is 0.326 e. The van der Waals surface area contributed by atoms with E-state index in [1.165, 1.54) is 38.1 Å². The Balaban J connectivity index is 1.22. The predicted molar refractivity (Wildman–Crippen MR) is 254 cm³/mol. The fourth-order valence-electron chi connectivity index (χ4n) is 7.18. The summed E-state index contributed by atoms with van der Waals surface area (Å²) in [5.41, 5.74) is 2.91. The van der Waals surface area contributed by atoms with Gasteiger partial charge in [-0.15, -0.1) is 0 Å². The summed E-state index contributed by atoms with van der Waals surface area (Å²) >= 11 is 13.4. The average molecular weight is 1010 g/mol. The molecule has 0 bridgehead atoms. The molecule has 0 saturated heterocycles. The molecule has 0 saturated carbocycles. The van der Waals surface area contributed by atoms with Gasteiger partial charge in [-0.3, -0.25) is 20.2 Å². The highest BCUT2D eigenvalue weighted by molar-refractivity contribution is 6.32. The molecule has 6 aromatic carbocycles. The van der Waals surface area contributed by atoms with Crippen molar-refractivity contribution in [1.82, 2.24) is 10.6 Å². The number of nitrogens with one attached hydrogen (secondary N) is 2. The minimum Gasteiger partial charge on any atom is -0.488 e. The van der Waals surface area contributed by atoms with E-state index in [1.807, 2.05) is 50.2 Å². The lowest BCUT2D eigenvalue weighted by molar-refractivity contribution is -0.146. The van der Waals surface area contributed by atoms with Crippen LogP contribution in [0.25, 0.3) is 11.1 Å². The molecule has 0 spiro atoms. The number of hydrogen-bond donors (Lipinski definition) is 6. The van der Waals surface area contributed by atoms with E-state index in [2.05, 4.69) is 10.6 Å². The zero-order valence-electron chi connectivity index (χ0n) is 38.4. The third-order valence-electron chi connectivity index (χ3n) is 11.7. The van der Waals surface area contributed by atoms with Gasteiger partial charge in [-0.05, 0) is 109 Å². The lowest BCUT2D eigenvalue weighted by Crippen LogP contribution is -2.52. The largest absolute Gasteiger partial charge is 0.488 e. The first-order valence-corrected chi connectivity index (χ1v) is 22.4. The molecule has 12 nitrogen and oxygen atoms in total. The van der Waals surface area contributed by atoms with Gasteiger partial charge in [-0.25, -0.2) is 17.6 Å². The summed E-state index contributed by atoms with van der Waals surface area (Å²) in [6, 6.07) is 23.5. The first-order chi connectivity index (χ1) is 33.2. The van der Waals surface area contributed by atoms with E-state index in [1.54, 1.807) is 0 Å². The molecule has 0 amide bonds. The molecule has 370 valence electrons. The van der Waals surface area contributed by atoms with Crippen LogP contribution in [0.1, 0.15) is 58.4 Å². The number of benzene rings is 6. The van der Waals surface area contributed by atoms with Gasteiger partial charge in [-0.2, -0.15) is 0 Å². The Kier molecular flexibility index (Phi) is 17.4. The van der Waals surface area contributed by atoms with Crippen LogP contribution in [0.4, 0.5) is 17.6 Å². The molecule has 0 aliphatic carbocycles. The second-order valence-electron chi connectivity index (χ2n) is 17.0. The zero-order chi connectivity index (χ0) is 50.9. The first kappa shape index (κ1) is 53.0. The van der Waals surface area contributed by atoms with E-state index in [4.69, 9.17) is 42.1 Å². The molecule has 0 unspecified atom stereocenters. The topological polar surface area (TPSA) is 176 Å². The second kappa shape index (κ2) is 23.0. The van der Waals surface area contributed by atoms with Crippen LogP contribution < -0.4 is 29.6 Å². The van der Waals surface area contributed by atoms with Crippen molar-refractivity contribution in [2.75, 3.05) is 13.2 Å². The number of carboxylic acid groups (broad SMARTS) is 2. The fourth-order valence-corrected chi connectivity index (χ4v) is 7.66. The van der Waals surface area contributed by atoms with Gasteiger partial charge in [0, 0.05) is 48.5 Å². The van der Waals surface area contributed by atoms with Crippen LogP contribution in [-0.2, 0) is 49.1 Å². The molecular weight excluding hydrogens is 959 g/mol. The molecule has 0 aromatic heterocycles. The van der Waals surface area contributed by atoms with Gasteiger partial charge in [0.1, 0.15) is 83.8 Å². The van der Waals surface area contributed by atoms with Gasteiger partial charge in [0.2, 0.25) is 0 Å². The number of aliphatic hydroxyl groups excluding tert-OH is 2. The Bertz CT molecular complexity index is 2660. The van der Waals surface area contributed by atoms with E-state index >= 15 is 0 Å². The van der Waals surface area contributed by atoms with E-state index in [0.29, 0.717) is 11.1 Å². The van der Waals surface area contributed by atoms with Crippen molar-refractivity contribution < 1.29 is 66.5 Å². The summed E-state index contributed by atoms with van der Waals surface area (Å²) in [6.07, 6.45) is 0. The molecule has 0 aliphatic rings. The highest BCUT2D eigenvalue weighted by Gasteiger charge is 2.33. The normalized spacial score (nSPS) is 13.0. The predicted octanol–water partition coefficient (Wildman–Crippen LogP) is 10.0. The highest BCUT2D eigenvalue weighted by Crippen LogP contribution is 2.38. The Morgan fingerprint density at radius 3 is 1.19 bits per heavy atom. The standard InChI is InChI=1S/C52H50Cl2F4N2O10/c1-29-33(25-69-47-19-45(67-23-31-11-37(55)17-38(56)12-31)35(15-43(47)53)21-59-51(3,27-61)49(63)64)7-5-9-41(29)42-10-6-8-34(30(42)2)26-70-48-20-46(68-24-32-13-39(57)18-40(58)14-32)36(16-44(48)54)22-60-52(4,28-62)50(65)66/h5-20,59-62H,21-28H2,1-4H3,(H,63,64)(H,65,66)/t51-,52-/m0/s1. The summed E-state index contributed by atoms with van der Waals surface area (Å²) in [5, 5.41) is 44.8. The summed E-state index contributed by atoms with van der Waals surface area (Å²) in [5.74, 6) is -4.97. The number of hydrogen-bond acceptors (Lipinski definition) is 10. The van der Waals surface area contributed by atoms with Crippen molar-refractivity contribution in [3.05, 3.63) is 175 Å². The Hall–Kier alpha value is -6.40. The van der Waals surface area contributed by atoms with Crippen LogP contribution in [0.15, 0.2) is 97.1 Å². The molecular formula is C52H50Cl2F4N2O10. The molecule has 6 rings (SSSR count). The molecule has 6 N–H and O–H groups in total. The number of rotatable bonds is 23. The van der Waals surface area contributed by atoms with E-state index in [9.17, 15) is 47.6 Å². The lowest BCUT2D eigenvalue weighted by atomic mass is 9.92. The molecule has 70 heavy (non-hydrogen) atoms.